The van der Waals surface area contributed by atoms with Crippen molar-refractivity contribution in [3.8, 4) is 17.2 Å². The molecule has 0 radical (unpaired) electrons. The molecule has 0 fully saturated rings. The van der Waals surface area contributed by atoms with Crippen LogP contribution in [0.4, 0.5) is 4.39 Å². The molecule has 0 aliphatic rings. The predicted octanol–water partition coefficient (Wildman–Crippen LogP) is 3.07. The van der Waals surface area contributed by atoms with Crippen LogP contribution in [0.1, 0.15) is 11.1 Å². The fourth-order valence-corrected chi connectivity index (χ4v) is 1.55. The molecule has 0 aliphatic carbocycles. The lowest BCUT2D eigenvalue weighted by Gasteiger charge is -2.05. The minimum atomic E-state index is -0.400. The van der Waals surface area contributed by atoms with E-state index in [0.29, 0.717) is 11.1 Å². The Balaban J connectivity index is 2.64. The molecule has 0 unspecified atom stereocenters. The summed E-state index contributed by atoms with van der Waals surface area (Å²) in [5, 5.41) is 8.98. The lowest BCUT2D eigenvalue weighted by Crippen LogP contribution is -1.88. The molecule has 0 bridgehead atoms. The molecule has 0 aliphatic heterocycles. The van der Waals surface area contributed by atoms with Gasteiger partial charge in [-0.2, -0.15) is 5.26 Å². The third-order valence-corrected chi connectivity index (χ3v) is 2.31. The number of hydrogen-bond donors (Lipinski definition) is 0. The lowest BCUT2D eigenvalue weighted by atomic mass is 10.00. The SMILES string of the molecule is Cc1ccc(C#N)c(-c2cncc(F)c2)c1. The van der Waals surface area contributed by atoms with Crippen LogP contribution in [0.5, 0.6) is 0 Å². The molecule has 0 saturated heterocycles. The van der Waals surface area contributed by atoms with Crippen LogP contribution in [0.2, 0.25) is 0 Å². The number of nitrogens with zero attached hydrogens (tertiary/aromatic N) is 2. The second kappa shape index (κ2) is 4.11. The van der Waals surface area contributed by atoms with Gasteiger partial charge in [-0.1, -0.05) is 17.7 Å². The van der Waals surface area contributed by atoms with Crippen LogP contribution < -0.4 is 0 Å². The Hall–Kier alpha value is -2.21. The summed E-state index contributed by atoms with van der Waals surface area (Å²) in [4.78, 5) is 3.78. The monoisotopic (exact) mass is 212 g/mol. The number of aryl methyl sites for hydroxylation is 1. The lowest BCUT2D eigenvalue weighted by molar-refractivity contribution is 0.622. The summed E-state index contributed by atoms with van der Waals surface area (Å²) in [5.74, 6) is -0.400. The van der Waals surface area contributed by atoms with E-state index in [-0.39, 0.29) is 0 Å². The normalized spacial score (nSPS) is 9.81. The maximum absolute atomic E-state index is 13.0. The van der Waals surface area contributed by atoms with Crippen molar-refractivity contribution < 1.29 is 4.39 Å². The van der Waals surface area contributed by atoms with E-state index in [0.717, 1.165) is 17.3 Å². The van der Waals surface area contributed by atoms with Gasteiger partial charge < -0.3 is 0 Å². The van der Waals surface area contributed by atoms with E-state index in [1.54, 1.807) is 12.3 Å². The Kier molecular flexibility index (Phi) is 2.65. The van der Waals surface area contributed by atoms with Gasteiger partial charge in [-0.05, 0) is 19.1 Å². The van der Waals surface area contributed by atoms with Gasteiger partial charge in [0, 0.05) is 17.3 Å². The van der Waals surface area contributed by atoms with Crippen molar-refractivity contribution in [3.63, 3.8) is 0 Å². The summed E-state index contributed by atoms with van der Waals surface area (Å²) in [7, 11) is 0. The molecule has 1 heterocycles. The number of halogens is 1. The van der Waals surface area contributed by atoms with Crippen LogP contribution in [-0.4, -0.2) is 4.98 Å². The fourth-order valence-electron chi connectivity index (χ4n) is 1.55. The van der Waals surface area contributed by atoms with Crippen LogP contribution in [0.3, 0.4) is 0 Å². The molecule has 0 saturated carbocycles. The Morgan fingerprint density at radius 2 is 2.06 bits per heavy atom. The Morgan fingerprint density at radius 3 is 2.75 bits per heavy atom. The van der Waals surface area contributed by atoms with Crippen LogP contribution in [0.15, 0.2) is 36.7 Å². The van der Waals surface area contributed by atoms with E-state index >= 15 is 0 Å². The molecule has 2 aromatic rings. The van der Waals surface area contributed by atoms with Gasteiger partial charge in [0.25, 0.3) is 0 Å². The topological polar surface area (TPSA) is 36.7 Å². The summed E-state index contributed by atoms with van der Waals surface area (Å²) in [6.07, 6.45) is 2.70. The average molecular weight is 212 g/mol. The fraction of sp³-hybridized carbons (Fsp3) is 0.0769. The highest BCUT2D eigenvalue weighted by Crippen LogP contribution is 2.24. The van der Waals surface area contributed by atoms with Crippen LogP contribution >= 0.6 is 0 Å². The third-order valence-electron chi connectivity index (χ3n) is 2.31. The van der Waals surface area contributed by atoms with E-state index in [4.69, 9.17) is 5.26 Å². The highest BCUT2D eigenvalue weighted by atomic mass is 19.1. The molecule has 0 atom stereocenters. The molecule has 0 spiro atoms. The third kappa shape index (κ3) is 1.91. The van der Waals surface area contributed by atoms with Gasteiger partial charge in [0.05, 0.1) is 17.8 Å². The quantitative estimate of drug-likeness (QED) is 0.728. The first-order valence-corrected chi connectivity index (χ1v) is 4.82. The molecule has 16 heavy (non-hydrogen) atoms. The van der Waals surface area contributed by atoms with Crippen LogP contribution in [-0.2, 0) is 0 Å². The standard InChI is InChI=1S/C13H9FN2/c1-9-2-3-10(6-15)13(4-9)11-5-12(14)8-16-7-11/h2-5,7-8H,1H3. The number of benzene rings is 1. The number of rotatable bonds is 1. The van der Waals surface area contributed by atoms with E-state index in [2.05, 4.69) is 11.1 Å². The van der Waals surface area contributed by atoms with E-state index in [1.807, 2.05) is 19.1 Å². The summed E-state index contributed by atoms with van der Waals surface area (Å²) in [5.41, 5.74) is 2.89. The molecular formula is C13H9FN2. The number of aromatic nitrogens is 1. The Labute approximate surface area is 93.0 Å². The molecule has 0 amide bonds. The van der Waals surface area contributed by atoms with Crippen molar-refractivity contribution in [1.82, 2.24) is 4.98 Å². The van der Waals surface area contributed by atoms with Crippen molar-refractivity contribution in [2.75, 3.05) is 0 Å². The van der Waals surface area contributed by atoms with Crippen molar-refractivity contribution >= 4 is 0 Å². The van der Waals surface area contributed by atoms with Crippen molar-refractivity contribution in [2.45, 2.75) is 6.92 Å². The summed E-state index contributed by atoms with van der Waals surface area (Å²) in [6, 6.07) is 8.91. The van der Waals surface area contributed by atoms with Gasteiger partial charge >= 0.3 is 0 Å². The minimum absolute atomic E-state index is 0.400. The number of nitriles is 1. The molecule has 1 aromatic carbocycles. The zero-order valence-electron chi connectivity index (χ0n) is 8.74. The van der Waals surface area contributed by atoms with Crippen molar-refractivity contribution in [1.29, 1.82) is 5.26 Å². The van der Waals surface area contributed by atoms with E-state index in [1.165, 1.54) is 6.07 Å². The van der Waals surface area contributed by atoms with E-state index < -0.39 is 5.82 Å². The summed E-state index contributed by atoms with van der Waals surface area (Å²) < 4.78 is 13.0. The second-order valence-corrected chi connectivity index (χ2v) is 3.55. The molecule has 3 heteroatoms. The zero-order valence-corrected chi connectivity index (χ0v) is 8.74. The first-order valence-electron chi connectivity index (χ1n) is 4.82. The maximum Gasteiger partial charge on any atom is 0.142 e. The highest BCUT2D eigenvalue weighted by molar-refractivity contribution is 5.70. The number of pyridine rings is 1. The van der Waals surface area contributed by atoms with Gasteiger partial charge in [-0.25, -0.2) is 4.39 Å². The smallest absolute Gasteiger partial charge is 0.142 e. The average Bonchev–Trinajstić information content (AvgIpc) is 2.29. The van der Waals surface area contributed by atoms with Crippen LogP contribution in [0.25, 0.3) is 11.1 Å². The van der Waals surface area contributed by atoms with Gasteiger partial charge in [0.15, 0.2) is 0 Å². The molecule has 2 rings (SSSR count). The predicted molar refractivity (Wildman–Crippen MR) is 59.1 cm³/mol. The Bertz CT molecular complexity index is 570. The largest absolute Gasteiger partial charge is 0.261 e. The summed E-state index contributed by atoms with van der Waals surface area (Å²) >= 11 is 0. The molecular weight excluding hydrogens is 203 g/mol. The number of hydrogen-bond acceptors (Lipinski definition) is 2. The molecule has 78 valence electrons. The van der Waals surface area contributed by atoms with Crippen molar-refractivity contribution in [3.05, 3.63) is 53.6 Å². The molecule has 0 N–H and O–H groups in total. The minimum Gasteiger partial charge on any atom is -0.261 e. The maximum atomic E-state index is 13.0. The Morgan fingerprint density at radius 1 is 1.25 bits per heavy atom. The first-order chi connectivity index (χ1) is 7.70. The van der Waals surface area contributed by atoms with Gasteiger partial charge in [0.2, 0.25) is 0 Å². The van der Waals surface area contributed by atoms with Gasteiger partial charge in [-0.15, -0.1) is 0 Å². The van der Waals surface area contributed by atoms with Gasteiger partial charge in [-0.3, -0.25) is 4.98 Å². The van der Waals surface area contributed by atoms with Gasteiger partial charge in [0.1, 0.15) is 5.82 Å². The van der Waals surface area contributed by atoms with E-state index in [9.17, 15) is 4.39 Å². The van der Waals surface area contributed by atoms with Crippen molar-refractivity contribution in [2.24, 2.45) is 0 Å². The molecule has 2 nitrogen and oxygen atoms in total. The zero-order chi connectivity index (χ0) is 11.5. The molecule has 1 aromatic heterocycles. The van der Waals surface area contributed by atoms with Crippen LogP contribution in [0, 0.1) is 24.1 Å². The summed E-state index contributed by atoms with van der Waals surface area (Å²) in [6.45, 7) is 1.93. The first kappa shape index (κ1) is 10.3. The highest BCUT2D eigenvalue weighted by Gasteiger charge is 2.06. The second-order valence-electron chi connectivity index (χ2n) is 3.55.